The van der Waals surface area contributed by atoms with Crippen LogP contribution >= 0.6 is 23.2 Å². The largest absolute Gasteiger partial charge is 0.354 e. The average Bonchev–Trinajstić information content (AvgIpc) is 2.70. The maximum absolute atomic E-state index is 7.90. The van der Waals surface area contributed by atoms with Crippen LogP contribution in [0.15, 0.2) is 6.07 Å². The summed E-state index contributed by atoms with van der Waals surface area (Å²) >= 11 is 12.5. The van der Waals surface area contributed by atoms with Crippen molar-refractivity contribution in [1.29, 1.82) is 5.41 Å². The molecule has 0 aliphatic carbocycles. The van der Waals surface area contributed by atoms with E-state index in [0.717, 1.165) is 24.3 Å². The molecule has 0 amide bonds. The zero-order valence-corrected chi connectivity index (χ0v) is 12.3. The molecule has 18 heavy (non-hydrogen) atoms. The molecular weight excluding hydrogens is 269 g/mol. The Hall–Kier alpha value is -0.930. The summed E-state index contributed by atoms with van der Waals surface area (Å²) in [5.41, 5.74) is 3.15. The molecule has 1 aromatic rings. The maximum atomic E-state index is 7.90. The molecule has 0 bridgehead atoms. The van der Waals surface area contributed by atoms with Crippen LogP contribution in [0.3, 0.4) is 0 Å². The van der Waals surface area contributed by atoms with Gasteiger partial charge in [-0.3, -0.25) is 5.41 Å². The second-order valence-electron chi connectivity index (χ2n) is 4.82. The van der Waals surface area contributed by atoms with Crippen LogP contribution in [0.1, 0.15) is 30.9 Å². The van der Waals surface area contributed by atoms with E-state index < -0.39 is 0 Å². The second kappa shape index (κ2) is 4.98. The van der Waals surface area contributed by atoms with Crippen molar-refractivity contribution >= 4 is 34.8 Å². The number of benzene rings is 1. The van der Waals surface area contributed by atoms with Gasteiger partial charge < -0.3 is 10.2 Å². The van der Waals surface area contributed by atoms with Gasteiger partial charge in [0, 0.05) is 13.1 Å². The maximum Gasteiger partial charge on any atom is 0.195 e. The van der Waals surface area contributed by atoms with E-state index in [9.17, 15) is 0 Å². The Morgan fingerprint density at radius 1 is 1.39 bits per heavy atom. The van der Waals surface area contributed by atoms with Crippen molar-refractivity contribution in [3.05, 3.63) is 27.2 Å². The number of halogens is 2. The van der Waals surface area contributed by atoms with Gasteiger partial charge in [-0.25, -0.2) is 0 Å². The van der Waals surface area contributed by atoms with Crippen LogP contribution < -0.4 is 10.2 Å². The number of hydrogen-bond acceptors (Lipinski definition) is 1. The predicted octanol–water partition coefficient (Wildman–Crippen LogP) is 3.77. The molecule has 1 aromatic carbocycles. The number of anilines is 1. The molecule has 2 rings (SSSR count). The lowest BCUT2D eigenvalue weighted by Gasteiger charge is -2.24. The summed E-state index contributed by atoms with van der Waals surface area (Å²) in [6.45, 7) is 7.81. The van der Waals surface area contributed by atoms with Crippen molar-refractivity contribution in [2.24, 2.45) is 0 Å². The van der Waals surface area contributed by atoms with Gasteiger partial charge in [-0.05, 0) is 30.0 Å². The lowest BCUT2D eigenvalue weighted by atomic mass is 9.96. The second-order valence-corrected chi connectivity index (χ2v) is 5.60. The minimum atomic E-state index is 0.378. The van der Waals surface area contributed by atoms with Gasteiger partial charge in [0.1, 0.15) is 0 Å². The third kappa shape index (κ3) is 2.17. The molecule has 0 saturated carbocycles. The van der Waals surface area contributed by atoms with E-state index >= 15 is 0 Å². The molecule has 1 heterocycles. The molecule has 1 fully saturated rings. The Kier molecular flexibility index (Phi) is 3.74. The fraction of sp³-hybridized carbons (Fsp3) is 0.462. The minimum absolute atomic E-state index is 0.378. The van der Waals surface area contributed by atoms with E-state index in [1.165, 1.54) is 5.56 Å². The molecule has 1 saturated heterocycles. The van der Waals surface area contributed by atoms with Crippen LogP contribution in [0.5, 0.6) is 0 Å². The van der Waals surface area contributed by atoms with Crippen LogP contribution in [0.25, 0.3) is 0 Å². The zero-order valence-electron chi connectivity index (χ0n) is 10.8. The summed E-state index contributed by atoms with van der Waals surface area (Å²) in [4.78, 5) is 1.88. The number of nitrogens with zero attached hydrogens (tertiary/aromatic N) is 1. The molecule has 2 N–H and O–H groups in total. The standard InChI is InChI=1S/C13H17Cl2N3/c1-7(2)9-6-10(14)11(15)12(8(9)3)18-5-4-17-13(18)16/h6-7H,4-5H2,1-3H3,(H2,16,17). The minimum Gasteiger partial charge on any atom is -0.354 e. The Morgan fingerprint density at radius 2 is 2.06 bits per heavy atom. The van der Waals surface area contributed by atoms with Crippen molar-refractivity contribution < 1.29 is 0 Å². The molecule has 5 heteroatoms. The summed E-state index contributed by atoms with van der Waals surface area (Å²) < 4.78 is 0. The number of nitrogens with one attached hydrogen (secondary N) is 2. The molecule has 0 spiro atoms. The van der Waals surface area contributed by atoms with Crippen molar-refractivity contribution in [1.82, 2.24) is 5.32 Å². The third-order valence-electron chi connectivity index (χ3n) is 3.28. The van der Waals surface area contributed by atoms with E-state index in [1.54, 1.807) is 0 Å². The van der Waals surface area contributed by atoms with Gasteiger partial charge in [-0.1, -0.05) is 37.0 Å². The van der Waals surface area contributed by atoms with Crippen LogP contribution in [-0.4, -0.2) is 19.0 Å². The van der Waals surface area contributed by atoms with Gasteiger partial charge in [-0.2, -0.15) is 0 Å². The quantitative estimate of drug-likeness (QED) is 0.868. The third-order valence-corrected chi connectivity index (χ3v) is 4.06. The van der Waals surface area contributed by atoms with E-state index in [1.807, 2.05) is 17.9 Å². The van der Waals surface area contributed by atoms with Gasteiger partial charge in [0.2, 0.25) is 0 Å². The highest BCUT2D eigenvalue weighted by molar-refractivity contribution is 6.44. The predicted molar refractivity (Wildman–Crippen MR) is 78.4 cm³/mol. The van der Waals surface area contributed by atoms with Crippen molar-refractivity contribution in [3.63, 3.8) is 0 Å². The van der Waals surface area contributed by atoms with Crippen LogP contribution in [0.2, 0.25) is 10.0 Å². The topological polar surface area (TPSA) is 39.1 Å². The van der Waals surface area contributed by atoms with Crippen molar-refractivity contribution in [3.8, 4) is 0 Å². The summed E-state index contributed by atoms with van der Waals surface area (Å²) in [7, 11) is 0. The van der Waals surface area contributed by atoms with E-state index in [4.69, 9.17) is 28.6 Å². The first-order valence-electron chi connectivity index (χ1n) is 6.02. The Labute approximate surface area is 118 Å². The zero-order chi connectivity index (χ0) is 13.4. The molecule has 1 aliphatic heterocycles. The smallest absolute Gasteiger partial charge is 0.195 e. The first kappa shape index (κ1) is 13.5. The summed E-state index contributed by atoms with van der Waals surface area (Å²) in [6.07, 6.45) is 0. The van der Waals surface area contributed by atoms with Crippen LogP contribution in [-0.2, 0) is 0 Å². The van der Waals surface area contributed by atoms with E-state index in [0.29, 0.717) is 21.9 Å². The molecule has 0 unspecified atom stereocenters. The monoisotopic (exact) mass is 285 g/mol. The molecular formula is C13H17Cl2N3. The van der Waals surface area contributed by atoms with Gasteiger partial charge in [0.15, 0.2) is 5.96 Å². The molecule has 98 valence electrons. The van der Waals surface area contributed by atoms with Gasteiger partial charge in [0.25, 0.3) is 0 Å². The van der Waals surface area contributed by atoms with Crippen LogP contribution in [0, 0.1) is 12.3 Å². The first-order chi connectivity index (χ1) is 8.43. The molecule has 3 nitrogen and oxygen atoms in total. The highest BCUT2D eigenvalue weighted by Gasteiger charge is 2.25. The van der Waals surface area contributed by atoms with E-state index in [2.05, 4.69) is 19.2 Å². The van der Waals surface area contributed by atoms with Crippen molar-refractivity contribution in [2.45, 2.75) is 26.7 Å². The van der Waals surface area contributed by atoms with Gasteiger partial charge in [0.05, 0.1) is 15.7 Å². The highest BCUT2D eigenvalue weighted by atomic mass is 35.5. The number of hydrogen-bond donors (Lipinski definition) is 2. The first-order valence-corrected chi connectivity index (χ1v) is 6.77. The van der Waals surface area contributed by atoms with E-state index in [-0.39, 0.29) is 0 Å². The summed E-state index contributed by atoms with van der Waals surface area (Å²) in [6, 6.07) is 1.93. The normalized spacial score (nSPS) is 15.4. The van der Waals surface area contributed by atoms with Gasteiger partial charge >= 0.3 is 0 Å². The highest BCUT2D eigenvalue weighted by Crippen LogP contribution is 2.40. The summed E-state index contributed by atoms with van der Waals surface area (Å²) in [5, 5.41) is 12.0. The van der Waals surface area contributed by atoms with Gasteiger partial charge in [-0.15, -0.1) is 0 Å². The summed E-state index contributed by atoms with van der Waals surface area (Å²) in [5.74, 6) is 0.764. The fourth-order valence-corrected chi connectivity index (χ4v) is 2.87. The Balaban J connectivity index is 2.61. The molecule has 0 atom stereocenters. The number of rotatable bonds is 2. The Morgan fingerprint density at radius 3 is 2.56 bits per heavy atom. The molecule has 1 aliphatic rings. The lowest BCUT2D eigenvalue weighted by Crippen LogP contribution is -2.29. The average molecular weight is 286 g/mol. The molecule has 0 aromatic heterocycles. The van der Waals surface area contributed by atoms with Crippen molar-refractivity contribution in [2.75, 3.05) is 18.0 Å². The fourth-order valence-electron chi connectivity index (χ4n) is 2.36. The molecule has 0 radical (unpaired) electrons. The van der Waals surface area contributed by atoms with Crippen LogP contribution in [0.4, 0.5) is 5.69 Å². The SMILES string of the molecule is Cc1c(C(C)C)cc(Cl)c(Cl)c1N1CCNC1=N. The lowest BCUT2D eigenvalue weighted by molar-refractivity contribution is 0.854. The Bertz CT molecular complexity index is 497. The number of guanidine groups is 1.